The van der Waals surface area contributed by atoms with Gasteiger partial charge in [-0.15, -0.1) is 0 Å². The summed E-state index contributed by atoms with van der Waals surface area (Å²) in [7, 11) is 1.65. The summed E-state index contributed by atoms with van der Waals surface area (Å²) in [6, 6.07) is 13.4. The topological polar surface area (TPSA) is 41.6 Å². The molecule has 114 valence electrons. The minimum atomic E-state index is -0.0743. The maximum absolute atomic E-state index is 12.1. The lowest BCUT2D eigenvalue weighted by Crippen LogP contribution is -2.29. The van der Waals surface area contributed by atoms with Crippen LogP contribution in [0.1, 0.15) is 15.9 Å². The van der Waals surface area contributed by atoms with Crippen LogP contribution >= 0.6 is 11.6 Å². The SMILES string of the molecule is COc1ccc(CN2CCNC(=O)c3cc(Cl)ccc32)cc1. The first-order valence-electron chi connectivity index (χ1n) is 7.13. The molecule has 1 aliphatic heterocycles. The molecule has 0 saturated heterocycles. The third-order valence-corrected chi connectivity index (χ3v) is 3.98. The number of ether oxygens (including phenoxy) is 1. The third-order valence-electron chi connectivity index (χ3n) is 3.74. The van der Waals surface area contributed by atoms with Crippen molar-refractivity contribution in [3.63, 3.8) is 0 Å². The number of anilines is 1. The third kappa shape index (κ3) is 3.02. The van der Waals surface area contributed by atoms with E-state index in [4.69, 9.17) is 16.3 Å². The van der Waals surface area contributed by atoms with Gasteiger partial charge in [0.25, 0.3) is 5.91 Å². The number of amides is 1. The number of nitrogens with zero attached hydrogens (tertiary/aromatic N) is 1. The van der Waals surface area contributed by atoms with Crippen molar-refractivity contribution >= 4 is 23.2 Å². The molecule has 22 heavy (non-hydrogen) atoms. The summed E-state index contributed by atoms with van der Waals surface area (Å²) in [6.45, 7) is 2.10. The van der Waals surface area contributed by atoms with Gasteiger partial charge >= 0.3 is 0 Å². The standard InChI is InChI=1S/C17H17ClN2O2/c1-22-14-5-2-12(3-6-14)11-20-9-8-19-17(21)15-10-13(18)4-7-16(15)20/h2-7,10H,8-9,11H2,1H3,(H,19,21). The first-order chi connectivity index (χ1) is 10.7. The van der Waals surface area contributed by atoms with Gasteiger partial charge in [-0.25, -0.2) is 0 Å². The Balaban J connectivity index is 1.90. The highest BCUT2D eigenvalue weighted by atomic mass is 35.5. The second-order valence-corrected chi connectivity index (χ2v) is 5.62. The molecule has 1 N–H and O–H groups in total. The molecule has 0 radical (unpaired) electrons. The van der Waals surface area contributed by atoms with Crippen molar-refractivity contribution < 1.29 is 9.53 Å². The fourth-order valence-electron chi connectivity index (χ4n) is 2.60. The molecule has 4 nitrogen and oxygen atoms in total. The van der Waals surface area contributed by atoms with Gasteiger partial charge in [-0.3, -0.25) is 4.79 Å². The van der Waals surface area contributed by atoms with Gasteiger partial charge in [-0.2, -0.15) is 0 Å². The zero-order chi connectivity index (χ0) is 15.5. The predicted molar refractivity (Wildman–Crippen MR) is 87.8 cm³/mol. The Morgan fingerprint density at radius 3 is 2.73 bits per heavy atom. The Labute approximate surface area is 134 Å². The van der Waals surface area contributed by atoms with Gasteiger partial charge in [0.05, 0.1) is 12.7 Å². The van der Waals surface area contributed by atoms with Gasteiger partial charge in [0.1, 0.15) is 5.75 Å². The van der Waals surface area contributed by atoms with Gasteiger partial charge < -0.3 is 15.0 Å². The lowest BCUT2D eigenvalue weighted by molar-refractivity contribution is 0.0958. The van der Waals surface area contributed by atoms with Crippen LogP contribution in [0, 0.1) is 0 Å². The molecule has 1 amide bonds. The van der Waals surface area contributed by atoms with Crippen LogP contribution in [-0.4, -0.2) is 26.1 Å². The Morgan fingerprint density at radius 2 is 2.00 bits per heavy atom. The molecule has 1 heterocycles. The van der Waals surface area contributed by atoms with Crippen LogP contribution in [0.3, 0.4) is 0 Å². The van der Waals surface area contributed by atoms with Crippen LogP contribution in [-0.2, 0) is 6.54 Å². The van der Waals surface area contributed by atoms with Crippen molar-refractivity contribution in [3.05, 3.63) is 58.6 Å². The summed E-state index contributed by atoms with van der Waals surface area (Å²) in [5, 5.41) is 3.47. The summed E-state index contributed by atoms with van der Waals surface area (Å²) in [5.74, 6) is 0.762. The summed E-state index contributed by atoms with van der Waals surface area (Å²) in [4.78, 5) is 14.3. The van der Waals surface area contributed by atoms with Crippen molar-refractivity contribution in [3.8, 4) is 5.75 Å². The maximum Gasteiger partial charge on any atom is 0.253 e. The largest absolute Gasteiger partial charge is 0.497 e. The molecular formula is C17H17ClN2O2. The number of fused-ring (bicyclic) bond motifs is 1. The average molecular weight is 317 g/mol. The molecular weight excluding hydrogens is 300 g/mol. The summed E-state index contributed by atoms with van der Waals surface area (Å²) >= 11 is 6.02. The number of nitrogens with one attached hydrogen (secondary N) is 1. The molecule has 0 unspecified atom stereocenters. The van der Waals surface area contributed by atoms with Crippen molar-refractivity contribution in [2.75, 3.05) is 25.1 Å². The molecule has 3 rings (SSSR count). The summed E-state index contributed by atoms with van der Waals surface area (Å²) < 4.78 is 5.18. The molecule has 5 heteroatoms. The quantitative estimate of drug-likeness (QED) is 0.946. The number of methoxy groups -OCH3 is 1. The molecule has 0 bridgehead atoms. The zero-order valence-corrected chi connectivity index (χ0v) is 13.1. The number of rotatable bonds is 3. The van der Waals surface area contributed by atoms with E-state index in [1.165, 1.54) is 0 Å². The van der Waals surface area contributed by atoms with Crippen molar-refractivity contribution in [1.82, 2.24) is 5.32 Å². The number of hydrogen-bond acceptors (Lipinski definition) is 3. The van der Waals surface area contributed by atoms with E-state index >= 15 is 0 Å². The minimum Gasteiger partial charge on any atom is -0.497 e. The van der Waals surface area contributed by atoms with Gasteiger partial charge in [-0.05, 0) is 35.9 Å². The predicted octanol–water partition coefficient (Wildman–Crippen LogP) is 3.10. The highest BCUT2D eigenvalue weighted by Crippen LogP contribution is 2.27. The highest BCUT2D eigenvalue weighted by Gasteiger charge is 2.20. The lowest BCUT2D eigenvalue weighted by Gasteiger charge is -2.24. The van der Waals surface area contributed by atoms with E-state index in [1.54, 1.807) is 13.2 Å². The molecule has 0 saturated carbocycles. The zero-order valence-electron chi connectivity index (χ0n) is 12.3. The van der Waals surface area contributed by atoms with Crippen LogP contribution < -0.4 is 15.0 Å². The first-order valence-corrected chi connectivity index (χ1v) is 7.51. The van der Waals surface area contributed by atoms with Gasteiger partial charge in [0.15, 0.2) is 0 Å². The van der Waals surface area contributed by atoms with E-state index in [0.717, 1.165) is 30.1 Å². The molecule has 0 aliphatic carbocycles. The fourth-order valence-corrected chi connectivity index (χ4v) is 2.77. The first kappa shape index (κ1) is 14.7. The molecule has 0 spiro atoms. The average Bonchev–Trinajstić information content (AvgIpc) is 2.68. The lowest BCUT2D eigenvalue weighted by atomic mass is 10.1. The number of halogens is 1. The molecule has 2 aromatic rings. The van der Waals surface area contributed by atoms with Crippen molar-refractivity contribution in [1.29, 1.82) is 0 Å². The van der Waals surface area contributed by atoms with Crippen molar-refractivity contribution in [2.45, 2.75) is 6.54 Å². The Kier molecular flexibility index (Phi) is 4.20. The molecule has 0 atom stereocenters. The Hall–Kier alpha value is -2.20. The van der Waals surface area contributed by atoms with Crippen LogP contribution in [0.25, 0.3) is 0 Å². The summed E-state index contributed by atoms with van der Waals surface area (Å²) in [5.41, 5.74) is 2.70. The van der Waals surface area contributed by atoms with E-state index in [0.29, 0.717) is 17.1 Å². The normalized spacial score (nSPS) is 14.1. The van der Waals surface area contributed by atoms with Crippen LogP contribution in [0.2, 0.25) is 5.02 Å². The van der Waals surface area contributed by atoms with E-state index < -0.39 is 0 Å². The fraction of sp³-hybridized carbons (Fsp3) is 0.235. The van der Waals surface area contributed by atoms with E-state index in [-0.39, 0.29) is 5.91 Å². The minimum absolute atomic E-state index is 0.0743. The van der Waals surface area contributed by atoms with E-state index in [2.05, 4.69) is 10.2 Å². The molecule has 0 fully saturated rings. The van der Waals surface area contributed by atoms with Gasteiger partial charge in [0.2, 0.25) is 0 Å². The maximum atomic E-state index is 12.1. The smallest absolute Gasteiger partial charge is 0.253 e. The second kappa shape index (κ2) is 6.28. The van der Waals surface area contributed by atoms with E-state index in [1.807, 2.05) is 36.4 Å². The van der Waals surface area contributed by atoms with E-state index in [9.17, 15) is 4.79 Å². The van der Waals surface area contributed by atoms with Crippen LogP contribution in [0.5, 0.6) is 5.75 Å². The second-order valence-electron chi connectivity index (χ2n) is 5.19. The van der Waals surface area contributed by atoms with Gasteiger partial charge in [0, 0.05) is 30.3 Å². The summed E-state index contributed by atoms with van der Waals surface area (Å²) in [6.07, 6.45) is 0. The van der Waals surface area contributed by atoms with Crippen LogP contribution in [0.4, 0.5) is 5.69 Å². The van der Waals surface area contributed by atoms with Crippen molar-refractivity contribution in [2.24, 2.45) is 0 Å². The molecule has 2 aromatic carbocycles. The molecule has 1 aliphatic rings. The Bertz CT molecular complexity index is 686. The number of carbonyl (C=O) groups excluding carboxylic acids is 1. The Morgan fingerprint density at radius 1 is 1.23 bits per heavy atom. The molecule has 0 aromatic heterocycles. The van der Waals surface area contributed by atoms with Crippen LogP contribution in [0.15, 0.2) is 42.5 Å². The van der Waals surface area contributed by atoms with Gasteiger partial charge in [-0.1, -0.05) is 23.7 Å². The monoisotopic (exact) mass is 316 g/mol. The number of benzene rings is 2. The number of carbonyl (C=O) groups is 1. The highest BCUT2D eigenvalue weighted by molar-refractivity contribution is 6.31. The number of hydrogen-bond donors (Lipinski definition) is 1.